The number of nitrogens with zero attached hydrogens (tertiary/aromatic N) is 1. The first kappa shape index (κ1) is 14.8. The largest absolute Gasteiger partial charge is 0.742 e. The summed E-state index contributed by atoms with van der Waals surface area (Å²) in [6, 6.07) is 2.29. The van der Waals surface area contributed by atoms with Gasteiger partial charge in [0.2, 0.25) is 22.4 Å². The molecule has 1 aromatic carbocycles. The Hall–Kier alpha value is -1.25. The van der Waals surface area contributed by atoms with Gasteiger partial charge in [0.1, 0.15) is 0 Å². The van der Waals surface area contributed by atoms with Gasteiger partial charge in [0, 0.05) is 12.1 Å². The van der Waals surface area contributed by atoms with Crippen LogP contribution in [0.3, 0.4) is 0 Å². The van der Waals surface area contributed by atoms with E-state index in [1.165, 1.54) is 20.3 Å². The summed E-state index contributed by atoms with van der Waals surface area (Å²) < 4.78 is 9.76. The zero-order valence-corrected chi connectivity index (χ0v) is 11.1. The smallest absolute Gasteiger partial charge is 0.321 e. The van der Waals surface area contributed by atoms with Crippen LogP contribution in [-0.2, 0) is 10.9 Å². The first-order valence-corrected chi connectivity index (χ1v) is 7.48. The molecule has 1 rings (SSSR count). The highest BCUT2D eigenvalue weighted by Gasteiger charge is 2.28. The van der Waals surface area contributed by atoms with Crippen molar-refractivity contribution in [3.05, 3.63) is 22.2 Å². The molecule has 18 heavy (non-hydrogen) atoms. The fourth-order valence-corrected chi connectivity index (χ4v) is 3.11. The van der Waals surface area contributed by atoms with E-state index in [0.29, 0.717) is 0 Å². The van der Waals surface area contributed by atoms with Crippen LogP contribution < -0.4 is 14.4 Å². The first-order chi connectivity index (χ1) is 8.30. The van der Waals surface area contributed by atoms with Gasteiger partial charge < -0.3 is 24.2 Å². The molecule has 0 heterocycles. The molecule has 0 saturated carbocycles. The molecular formula is C8H10NO7PS. The van der Waals surface area contributed by atoms with E-state index in [1.54, 1.807) is 0 Å². The van der Waals surface area contributed by atoms with Crippen molar-refractivity contribution in [2.24, 2.45) is 0 Å². The van der Waals surface area contributed by atoms with Crippen LogP contribution in [0.5, 0.6) is 11.5 Å². The zero-order chi connectivity index (χ0) is 13.9. The maximum absolute atomic E-state index is 10.9. The lowest BCUT2D eigenvalue weighted by Crippen LogP contribution is -2.02. The maximum atomic E-state index is 10.9. The van der Waals surface area contributed by atoms with Crippen molar-refractivity contribution in [2.75, 3.05) is 14.2 Å². The third-order valence-electron chi connectivity index (χ3n) is 1.88. The van der Waals surface area contributed by atoms with Gasteiger partial charge in [-0.25, -0.2) is 0 Å². The van der Waals surface area contributed by atoms with E-state index in [0.717, 1.165) is 6.07 Å². The minimum atomic E-state index is -4.39. The highest BCUT2D eigenvalue weighted by atomic mass is 32.5. The predicted octanol–water partition coefficient (Wildman–Crippen LogP) is 0.0760. The Kier molecular flexibility index (Phi) is 4.60. The van der Waals surface area contributed by atoms with Gasteiger partial charge in [-0.2, -0.15) is 0 Å². The number of benzene rings is 1. The van der Waals surface area contributed by atoms with E-state index in [1.807, 2.05) is 0 Å². The second-order valence-electron chi connectivity index (χ2n) is 2.99. The lowest BCUT2D eigenvalue weighted by Gasteiger charge is -2.07. The molecule has 0 aliphatic carbocycles. The molecule has 0 unspecified atom stereocenters. The highest BCUT2D eigenvalue weighted by Crippen LogP contribution is 2.42. The topological polar surface area (TPSA) is 125 Å². The van der Waals surface area contributed by atoms with Gasteiger partial charge in [-0.1, -0.05) is 0 Å². The van der Waals surface area contributed by atoms with E-state index in [2.05, 4.69) is 0 Å². The molecule has 0 aliphatic rings. The van der Waals surface area contributed by atoms with Crippen molar-refractivity contribution in [2.45, 2.75) is 4.90 Å². The first-order valence-electron chi connectivity index (χ1n) is 4.44. The number of rotatable bonds is 4. The minimum Gasteiger partial charge on any atom is -0.742 e. The van der Waals surface area contributed by atoms with Crippen LogP contribution in [0.4, 0.5) is 5.69 Å². The molecule has 0 bridgehead atoms. The molecule has 100 valence electrons. The molecule has 0 aliphatic heterocycles. The van der Waals surface area contributed by atoms with E-state index < -0.39 is 11.6 Å². The van der Waals surface area contributed by atoms with Gasteiger partial charge in [-0.05, 0) is 0 Å². The summed E-state index contributed by atoms with van der Waals surface area (Å²) in [4.78, 5) is 38.8. The number of methoxy groups -OCH3 is 2. The minimum absolute atomic E-state index is 0.0632. The van der Waals surface area contributed by atoms with Gasteiger partial charge in [0.05, 0.1) is 19.1 Å². The Balaban J connectivity index is 3.54. The second kappa shape index (κ2) is 5.59. The average molecular weight is 295 g/mol. The standard InChI is InChI=1S/C8H10NO7PS/c1-15-7-5(9(10)11)3-4-6(8(7)16-2)18-17(12,13)14/h3-4H,1-2H3,(H2-,12,13,14). The van der Waals surface area contributed by atoms with Crippen molar-refractivity contribution in [1.82, 2.24) is 0 Å². The van der Waals surface area contributed by atoms with E-state index in [-0.39, 0.29) is 33.0 Å². The van der Waals surface area contributed by atoms with Crippen LogP contribution in [0.15, 0.2) is 17.0 Å². The molecule has 0 spiro atoms. The van der Waals surface area contributed by atoms with Crippen LogP contribution >= 0.6 is 6.72 Å². The molecular weight excluding hydrogens is 285 g/mol. The summed E-state index contributed by atoms with van der Waals surface area (Å²) in [5, 5.41) is 10.8. The quantitative estimate of drug-likeness (QED) is 0.348. The fraction of sp³-hybridized carbons (Fsp3) is 0.250. The van der Waals surface area contributed by atoms with Crippen molar-refractivity contribution < 1.29 is 29.1 Å². The number of ether oxygens (including phenoxy) is 2. The fourth-order valence-electron chi connectivity index (χ4n) is 1.27. The van der Waals surface area contributed by atoms with Crippen LogP contribution in [-0.4, -0.2) is 28.9 Å². The Labute approximate surface area is 106 Å². The van der Waals surface area contributed by atoms with Crippen LogP contribution in [0, 0.1) is 10.1 Å². The maximum Gasteiger partial charge on any atom is 0.321 e. The van der Waals surface area contributed by atoms with E-state index in [9.17, 15) is 15.0 Å². The van der Waals surface area contributed by atoms with Crippen molar-refractivity contribution in [3.8, 4) is 11.5 Å². The third-order valence-corrected chi connectivity index (χ3v) is 3.94. The molecule has 10 heteroatoms. The molecule has 8 nitrogen and oxygen atoms in total. The monoisotopic (exact) mass is 295 g/mol. The highest BCUT2D eigenvalue weighted by molar-refractivity contribution is 8.16. The zero-order valence-electron chi connectivity index (χ0n) is 9.39. The number of hydrogen-bond acceptors (Lipinski definition) is 5. The van der Waals surface area contributed by atoms with Gasteiger partial charge in [0.15, 0.2) is 0 Å². The Morgan fingerprint density at radius 2 is 1.83 bits per heavy atom. The number of nitro benzene ring substituents is 1. The summed E-state index contributed by atoms with van der Waals surface area (Å²) in [5.74, 6) is -0.263. The number of nitro groups is 1. The van der Waals surface area contributed by atoms with Gasteiger partial charge in [-0.3, -0.25) is 10.1 Å². The molecule has 0 fully saturated rings. The van der Waals surface area contributed by atoms with Gasteiger partial charge in [-0.15, -0.1) is 0 Å². The molecule has 2 N–H and O–H groups in total. The summed E-state index contributed by atoms with van der Waals surface area (Å²) in [7, 11) is 2.67. The van der Waals surface area contributed by atoms with Crippen LogP contribution in [0.25, 0.3) is 0 Å². The third kappa shape index (κ3) is 3.37. The predicted molar refractivity (Wildman–Crippen MR) is 63.2 cm³/mol. The Bertz CT molecular complexity index is 518. The SMILES string of the molecule is COc1c([S+]=P([O-])(O)O)ccc([N+](=O)[O-])c1OC. The number of hydrogen-bond donors (Lipinski definition) is 2. The molecule has 0 radical (unpaired) electrons. The van der Waals surface area contributed by atoms with E-state index in [4.69, 9.17) is 19.3 Å². The van der Waals surface area contributed by atoms with Crippen LogP contribution in [0.2, 0.25) is 0 Å². The Morgan fingerprint density at radius 3 is 2.22 bits per heavy atom. The lowest BCUT2D eigenvalue weighted by atomic mass is 10.2. The Morgan fingerprint density at radius 1 is 1.28 bits per heavy atom. The summed E-state index contributed by atoms with van der Waals surface area (Å²) >= 11 is 0. The van der Waals surface area contributed by atoms with Gasteiger partial charge >= 0.3 is 12.4 Å². The van der Waals surface area contributed by atoms with Crippen molar-refractivity contribution >= 4 is 23.3 Å². The second-order valence-corrected chi connectivity index (χ2v) is 6.57. The molecule has 0 saturated heterocycles. The lowest BCUT2D eigenvalue weighted by molar-refractivity contribution is -0.385. The van der Waals surface area contributed by atoms with Crippen molar-refractivity contribution in [3.63, 3.8) is 0 Å². The normalized spacial score (nSPS) is 10.9. The molecule has 0 atom stereocenters. The van der Waals surface area contributed by atoms with Crippen LogP contribution in [0.1, 0.15) is 0 Å². The summed E-state index contributed by atoms with van der Waals surface area (Å²) in [5.41, 5.74) is -0.343. The molecule has 1 aromatic rings. The summed E-state index contributed by atoms with van der Waals surface area (Å²) in [6.45, 7) is -4.39. The molecule has 0 amide bonds. The summed E-state index contributed by atoms with van der Waals surface area (Å²) in [6.07, 6.45) is 0. The average Bonchev–Trinajstić information content (AvgIpc) is 2.25. The molecule has 0 aromatic heterocycles. The van der Waals surface area contributed by atoms with E-state index >= 15 is 0 Å². The van der Waals surface area contributed by atoms with Gasteiger partial charge in [0.25, 0.3) is 4.90 Å². The van der Waals surface area contributed by atoms with Crippen molar-refractivity contribution in [1.29, 1.82) is 0 Å².